The SMILES string of the molecule is O=C(COC(=O)c1cccc(N2C(=O)[C@@H]3[C@H]4C[C@@H]([C@@H](Cl)[C@H]4Cl)[C@H]3C2=O)c1)Nc1cc(Cl)ccc1Cl. The Morgan fingerprint density at radius 3 is 2.29 bits per heavy atom. The van der Waals surface area contributed by atoms with Gasteiger partial charge in [-0.25, -0.2) is 4.79 Å². The fourth-order valence-corrected chi connectivity index (χ4v) is 6.60. The van der Waals surface area contributed by atoms with Crippen molar-refractivity contribution in [1.82, 2.24) is 0 Å². The highest BCUT2D eigenvalue weighted by Gasteiger charge is 2.66. The number of amides is 3. The number of carbonyl (C=O) groups is 4. The van der Waals surface area contributed by atoms with Crippen LogP contribution >= 0.6 is 46.4 Å². The third-order valence-corrected chi connectivity index (χ3v) is 8.75. The second-order valence-corrected chi connectivity index (χ2v) is 10.7. The van der Waals surface area contributed by atoms with Crippen molar-refractivity contribution in [3.05, 3.63) is 58.1 Å². The van der Waals surface area contributed by atoms with Gasteiger partial charge in [0, 0.05) is 5.02 Å². The van der Waals surface area contributed by atoms with Gasteiger partial charge in [0.05, 0.1) is 44.6 Å². The number of hydrogen-bond donors (Lipinski definition) is 1. The van der Waals surface area contributed by atoms with E-state index in [1.807, 2.05) is 0 Å². The standard InChI is InChI=1S/C24H18Cl4N2O5/c25-11-4-5-15(26)16(7-11)29-17(31)9-35-24(34)10-2-1-3-12(6-10)30-22(32)18-13-8-14(19(18)23(30)33)21(28)20(13)27/h1-7,13-14,18-21H,8-9H2,(H,29,31)/t13-,14-,18-,19-,20-,21+/m1/s1. The maximum atomic E-state index is 13.2. The van der Waals surface area contributed by atoms with E-state index in [-0.39, 0.29) is 56.4 Å². The molecule has 3 fully saturated rings. The van der Waals surface area contributed by atoms with Crippen molar-refractivity contribution in [1.29, 1.82) is 0 Å². The molecule has 1 aliphatic heterocycles. The molecule has 7 nitrogen and oxygen atoms in total. The molecular formula is C24H18Cl4N2O5. The van der Waals surface area contributed by atoms with E-state index in [0.717, 1.165) is 4.90 Å². The summed E-state index contributed by atoms with van der Waals surface area (Å²) in [5, 5.41) is 2.47. The van der Waals surface area contributed by atoms with Gasteiger partial charge in [0.15, 0.2) is 6.61 Å². The minimum Gasteiger partial charge on any atom is -0.452 e. The number of nitrogens with one attached hydrogen (secondary N) is 1. The third-order valence-electron chi connectivity index (χ3n) is 6.86. The fourth-order valence-electron chi connectivity index (χ4n) is 5.37. The first-order chi connectivity index (χ1) is 16.7. The first-order valence-electron chi connectivity index (χ1n) is 10.9. The average molecular weight is 556 g/mol. The molecule has 2 aromatic rings. The lowest BCUT2D eigenvalue weighted by atomic mass is 9.80. The van der Waals surface area contributed by atoms with Crippen LogP contribution in [-0.4, -0.2) is 41.1 Å². The van der Waals surface area contributed by atoms with E-state index < -0.39 is 30.3 Å². The van der Waals surface area contributed by atoms with Crippen LogP contribution in [0.15, 0.2) is 42.5 Å². The van der Waals surface area contributed by atoms with Gasteiger partial charge in [-0.3, -0.25) is 19.3 Å². The molecular weight excluding hydrogens is 538 g/mol. The van der Waals surface area contributed by atoms with Gasteiger partial charge in [-0.2, -0.15) is 0 Å². The van der Waals surface area contributed by atoms with Gasteiger partial charge < -0.3 is 10.1 Å². The number of nitrogens with zero attached hydrogens (tertiary/aromatic N) is 1. The Kier molecular flexibility index (Phi) is 6.46. The molecule has 1 heterocycles. The summed E-state index contributed by atoms with van der Waals surface area (Å²) in [5.74, 6) is -3.34. The number of benzene rings is 2. The first-order valence-corrected chi connectivity index (χ1v) is 12.5. The van der Waals surface area contributed by atoms with E-state index in [2.05, 4.69) is 5.32 Å². The zero-order chi connectivity index (χ0) is 25.0. The Labute approximate surface area is 220 Å². The number of esters is 1. The fraction of sp³-hybridized carbons (Fsp3) is 0.333. The molecule has 0 radical (unpaired) electrons. The molecule has 6 atom stereocenters. The van der Waals surface area contributed by atoms with Crippen molar-refractivity contribution in [3.63, 3.8) is 0 Å². The summed E-state index contributed by atoms with van der Waals surface area (Å²) in [6.45, 7) is -0.574. The van der Waals surface area contributed by atoms with Crippen molar-refractivity contribution < 1.29 is 23.9 Å². The predicted molar refractivity (Wildman–Crippen MR) is 132 cm³/mol. The molecule has 11 heteroatoms. The van der Waals surface area contributed by atoms with Crippen LogP contribution < -0.4 is 10.2 Å². The largest absolute Gasteiger partial charge is 0.452 e. The number of imide groups is 1. The molecule has 35 heavy (non-hydrogen) atoms. The average Bonchev–Trinajstić information content (AvgIpc) is 3.44. The first kappa shape index (κ1) is 24.4. The van der Waals surface area contributed by atoms with Gasteiger partial charge in [-0.15, -0.1) is 23.2 Å². The highest BCUT2D eigenvalue weighted by atomic mass is 35.5. The molecule has 0 spiro atoms. The number of carbonyl (C=O) groups excluding carboxylic acids is 4. The molecule has 5 rings (SSSR count). The van der Waals surface area contributed by atoms with Gasteiger partial charge in [-0.1, -0.05) is 29.3 Å². The van der Waals surface area contributed by atoms with E-state index >= 15 is 0 Å². The van der Waals surface area contributed by atoms with Crippen LogP contribution in [0, 0.1) is 23.7 Å². The lowest BCUT2D eigenvalue weighted by molar-refractivity contribution is -0.123. The summed E-state index contributed by atoms with van der Waals surface area (Å²) in [6, 6.07) is 10.5. The summed E-state index contributed by atoms with van der Waals surface area (Å²) in [4.78, 5) is 52.2. The number of hydrogen-bond acceptors (Lipinski definition) is 5. The number of anilines is 2. The molecule has 3 amide bonds. The number of rotatable bonds is 5. The lowest BCUT2D eigenvalue weighted by Gasteiger charge is -2.28. The Balaban J connectivity index is 1.27. The van der Waals surface area contributed by atoms with Gasteiger partial charge >= 0.3 is 5.97 Å². The van der Waals surface area contributed by atoms with Gasteiger partial charge in [0.2, 0.25) is 11.8 Å². The molecule has 2 aliphatic carbocycles. The quantitative estimate of drug-likeness (QED) is 0.326. The van der Waals surface area contributed by atoms with Crippen LogP contribution in [0.1, 0.15) is 16.8 Å². The molecule has 3 aliphatic rings. The summed E-state index contributed by atoms with van der Waals surface area (Å²) < 4.78 is 5.10. The molecule has 182 valence electrons. The van der Waals surface area contributed by atoms with Gasteiger partial charge in [0.1, 0.15) is 0 Å². The Hall–Kier alpha value is -2.32. The van der Waals surface area contributed by atoms with Crippen molar-refractivity contribution in [3.8, 4) is 0 Å². The summed E-state index contributed by atoms with van der Waals surface area (Å²) in [7, 11) is 0. The van der Waals surface area contributed by atoms with Crippen molar-refractivity contribution in [2.45, 2.75) is 17.2 Å². The monoisotopic (exact) mass is 554 g/mol. The van der Waals surface area contributed by atoms with Crippen LogP contribution in [0.3, 0.4) is 0 Å². The summed E-state index contributed by atoms with van der Waals surface area (Å²) in [6.07, 6.45) is 0.664. The second kappa shape index (κ2) is 9.28. The molecule has 0 unspecified atom stereocenters. The molecule has 2 saturated carbocycles. The minimum absolute atomic E-state index is 0.0853. The zero-order valence-corrected chi connectivity index (χ0v) is 20.9. The molecule has 2 bridgehead atoms. The Bertz CT molecular complexity index is 1220. The van der Waals surface area contributed by atoms with Crippen LogP contribution in [-0.2, 0) is 19.1 Å². The smallest absolute Gasteiger partial charge is 0.338 e. The maximum Gasteiger partial charge on any atom is 0.338 e. The topological polar surface area (TPSA) is 92.8 Å². The van der Waals surface area contributed by atoms with E-state index in [0.29, 0.717) is 11.4 Å². The number of halogens is 4. The van der Waals surface area contributed by atoms with E-state index in [1.165, 1.54) is 30.3 Å². The molecule has 0 aromatic heterocycles. The van der Waals surface area contributed by atoms with Crippen LogP contribution in [0.2, 0.25) is 10.0 Å². The van der Waals surface area contributed by atoms with E-state index in [4.69, 9.17) is 51.1 Å². The van der Waals surface area contributed by atoms with Crippen molar-refractivity contribution >= 4 is 81.5 Å². The van der Waals surface area contributed by atoms with E-state index in [1.54, 1.807) is 12.1 Å². The third kappa shape index (κ3) is 4.18. The van der Waals surface area contributed by atoms with Crippen molar-refractivity contribution in [2.24, 2.45) is 23.7 Å². The zero-order valence-electron chi connectivity index (χ0n) is 17.9. The summed E-state index contributed by atoms with van der Waals surface area (Å²) >= 11 is 24.7. The molecule has 1 saturated heterocycles. The summed E-state index contributed by atoms with van der Waals surface area (Å²) in [5.41, 5.74) is 0.629. The highest BCUT2D eigenvalue weighted by Crippen LogP contribution is 2.59. The molecule has 1 N–H and O–H groups in total. The second-order valence-electron chi connectivity index (χ2n) is 8.81. The van der Waals surface area contributed by atoms with Crippen LogP contribution in [0.4, 0.5) is 11.4 Å². The van der Waals surface area contributed by atoms with Gasteiger partial charge in [-0.05, 0) is 54.7 Å². The minimum atomic E-state index is -0.791. The maximum absolute atomic E-state index is 13.2. The van der Waals surface area contributed by atoms with Gasteiger partial charge in [0.25, 0.3) is 5.91 Å². The van der Waals surface area contributed by atoms with E-state index in [9.17, 15) is 19.2 Å². The lowest BCUT2D eigenvalue weighted by Crippen LogP contribution is -2.37. The van der Waals surface area contributed by atoms with Crippen LogP contribution in [0.5, 0.6) is 0 Å². The Morgan fingerprint density at radius 1 is 0.971 bits per heavy atom. The Morgan fingerprint density at radius 2 is 1.63 bits per heavy atom. The number of ether oxygens (including phenoxy) is 1. The predicted octanol–water partition coefficient (Wildman–Crippen LogP) is 4.76. The number of fused-ring (bicyclic) bond motifs is 5. The van der Waals surface area contributed by atoms with Crippen LogP contribution in [0.25, 0.3) is 0 Å². The molecule has 2 aromatic carbocycles. The highest BCUT2D eigenvalue weighted by molar-refractivity contribution is 6.35. The normalized spacial score (nSPS) is 28.9. The van der Waals surface area contributed by atoms with Crippen molar-refractivity contribution in [2.75, 3.05) is 16.8 Å². The number of alkyl halides is 2.